The number of carbonyl (C=O) groups excluding carboxylic acids is 2. The third-order valence-corrected chi connectivity index (χ3v) is 9.11. The summed E-state index contributed by atoms with van der Waals surface area (Å²) in [5.41, 5.74) is 1.79. The molecule has 1 aromatic rings. The number of hydrogen-bond acceptors (Lipinski definition) is 6. The van der Waals surface area contributed by atoms with Crippen LogP contribution in [0.1, 0.15) is 57.9 Å². The first-order valence-corrected chi connectivity index (χ1v) is 14.1. The van der Waals surface area contributed by atoms with E-state index in [1.54, 1.807) is 37.2 Å². The fourth-order valence-corrected chi connectivity index (χ4v) is 7.11. The zero-order chi connectivity index (χ0) is 26.7. The molecule has 0 spiro atoms. The molecule has 2 heterocycles. The van der Waals surface area contributed by atoms with Crippen LogP contribution in [0.3, 0.4) is 0 Å². The number of benzene rings is 1. The van der Waals surface area contributed by atoms with E-state index in [0.29, 0.717) is 43.8 Å². The van der Waals surface area contributed by atoms with Crippen molar-refractivity contribution in [3.8, 4) is 0 Å². The van der Waals surface area contributed by atoms with Gasteiger partial charge in [-0.25, -0.2) is 27.4 Å². The number of nitrogens with one attached hydrogen (secondary N) is 1. The zero-order valence-electron chi connectivity index (χ0n) is 20.9. The minimum Gasteiger partial charge on any atom is -0.444 e. The van der Waals surface area contributed by atoms with Crippen LogP contribution in [0.25, 0.3) is 0 Å². The molecule has 0 aliphatic carbocycles. The molecule has 12 heteroatoms. The van der Waals surface area contributed by atoms with Crippen molar-refractivity contribution >= 4 is 33.6 Å². The van der Waals surface area contributed by atoms with Gasteiger partial charge in [0.2, 0.25) is 15.9 Å². The lowest BCUT2D eigenvalue weighted by molar-refractivity contribution is -0.134. The molecule has 0 saturated carbocycles. The number of carbonyl (C=O) groups is 2. The van der Waals surface area contributed by atoms with E-state index in [0.717, 1.165) is 5.56 Å². The third kappa shape index (κ3) is 7.30. The summed E-state index contributed by atoms with van der Waals surface area (Å²) in [6.07, 6.45) is 1.43. The number of ether oxygens (including phenoxy) is 1. The summed E-state index contributed by atoms with van der Waals surface area (Å²) >= 11 is 6.18. The third-order valence-electron chi connectivity index (χ3n) is 6.85. The topological polar surface area (TPSA) is 116 Å². The van der Waals surface area contributed by atoms with E-state index < -0.39 is 45.1 Å². The van der Waals surface area contributed by atoms with Crippen LogP contribution in [0.4, 0.5) is 9.18 Å². The Kier molecular flexibility index (Phi) is 9.24. The maximum atomic E-state index is 13.4. The summed E-state index contributed by atoms with van der Waals surface area (Å²) in [4.78, 5) is 26.4. The quantitative estimate of drug-likeness (QED) is 0.414. The van der Waals surface area contributed by atoms with Crippen LogP contribution in [0, 0.1) is 17.7 Å². The minimum absolute atomic E-state index is 0.0123. The van der Waals surface area contributed by atoms with Crippen molar-refractivity contribution in [1.82, 2.24) is 14.7 Å². The van der Waals surface area contributed by atoms with Gasteiger partial charge in [0.1, 0.15) is 11.4 Å². The van der Waals surface area contributed by atoms with Gasteiger partial charge in [0, 0.05) is 31.2 Å². The molecule has 2 aliphatic heterocycles. The van der Waals surface area contributed by atoms with Gasteiger partial charge in [0.25, 0.3) is 0 Å². The van der Waals surface area contributed by atoms with E-state index in [1.807, 2.05) is 0 Å². The summed E-state index contributed by atoms with van der Waals surface area (Å²) in [5.74, 6) is -2.86. The predicted octanol–water partition coefficient (Wildman–Crippen LogP) is 3.76. The smallest absolute Gasteiger partial charge is 0.410 e. The van der Waals surface area contributed by atoms with Gasteiger partial charge < -0.3 is 9.64 Å². The highest BCUT2D eigenvalue weighted by Crippen LogP contribution is 2.35. The van der Waals surface area contributed by atoms with Crippen molar-refractivity contribution in [3.05, 3.63) is 34.6 Å². The largest absolute Gasteiger partial charge is 0.444 e. The maximum absolute atomic E-state index is 13.4. The zero-order valence-corrected chi connectivity index (χ0v) is 22.4. The Bertz CT molecular complexity index is 1050. The van der Waals surface area contributed by atoms with Crippen molar-refractivity contribution in [1.29, 1.82) is 0 Å². The van der Waals surface area contributed by atoms with Crippen LogP contribution in [0.2, 0.25) is 5.02 Å². The first-order chi connectivity index (χ1) is 16.8. The van der Waals surface area contributed by atoms with Gasteiger partial charge in [0.05, 0.1) is 11.7 Å². The molecule has 0 radical (unpaired) electrons. The summed E-state index contributed by atoms with van der Waals surface area (Å²) in [5, 5.41) is 9.61. The average molecular weight is 548 g/mol. The first-order valence-electron chi connectivity index (χ1n) is 12.2. The lowest BCUT2D eigenvalue weighted by Crippen LogP contribution is -2.48. The Labute approximate surface area is 216 Å². The highest BCUT2D eigenvalue weighted by Gasteiger charge is 2.39. The van der Waals surface area contributed by atoms with Gasteiger partial charge in [-0.1, -0.05) is 17.7 Å². The summed E-state index contributed by atoms with van der Waals surface area (Å²) < 4.78 is 46.6. The molecule has 2 fully saturated rings. The van der Waals surface area contributed by atoms with Crippen molar-refractivity contribution in [2.24, 2.45) is 11.8 Å². The number of halogens is 2. The van der Waals surface area contributed by atoms with Crippen molar-refractivity contribution in [3.63, 3.8) is 0 Å². The number of rotatable bonds is 6. The van der Waals surface area contributed by atoms with E-state index in [2.05, 4.69) is 0 Å². The van der Waals surface area contributed by atoms with Crippen LogP contribution < -0.4 is 5.48 Å². The standard InChI is InChI=1S/C24H35ClFN3O6S/c1-24(2,3)35-23(31)28-10-6-17(7-11-28)20(22(30)27-32)15-36(33,34)29-12-8-16(9-13-29)19-5-4-18(26)14-21(19)25/h4-5,14,16-17,20,32H,6-13,15H2,1-3H3,(H,27,30)/t20-/m1/s1. The molecule has 0 bridgehead atoms. The first kappa shape index (κ1) is 28.6. The van der Waals surface area contributed by atoms with E-state index in [4.69, 9.17) is 16.3 Å². The van der Waals surface area contributed by atoms with Crippen molar-refractivity contribution in [2.75, 3.05) is 31.9 Å². The fraction of sp³-hybridized carbons (Fsp3) is 0.667. The van der Waals surface area contributed by atoms with Crippen LogP contribution in [0.15, 0.2) is 18.2 Å². The molecule has 2 aliphatic rings. The molecule has 3 rings (SSSR count). The van der Waals surface area contributed by atoms with Crippen molar-refractivity contribution < 1.29 is 32.3 Å². The second-order valence-corrected chi connectivity index (χ2v) is 12.9. The maximum Gasteiger partial charge on any atom is 0.410 e. The average Bonchev–Trinajstić information content (AvgIpc) is 2.81. The van der Waals surface area contributed by atoms with E-state index >= 15 is 0 Å². The number of hydroxylamine groups is 1. The SMILES string of the molecule is CC(C)(C)OC(=O)N1CCC([C@@H](CS(=O)(=O)N2CCC(c3ccc(F)cc3Cl)CC2)C(=O)NO)CC1. The molecule has 1 aromatic carbocycles. The van der Waals surface area contributed by atoms with E-state index in [1.165, 1.54) is 16.4 Å². The molecule has 0 unspecified atom stereocenters. The van der Waals surface area contributed by atoms with Crippen LogP contribution in [0.5, 0.6) is 0 Å². The van der Waals surface area contributed by atoms with Crippen LogP contribution in [-0.4, -0.2) is 72.4 Å². The molecule has 202 valence electrons. The second-order valence-electron chi connectivity index (χ2n) is 10.5. The second kappa shape index (κ2) is 11.6. The Morgan fingerprint density at radius 2 is 1.78 bits per heavy atom. The van der Waals surface area contributed by atoms with Crippen molar-refractivity contribution in [2.45, 2.75) is 58.0 Å². The molecule has 2 saturated heterocycles. The van der Waals surface area contributed by atoms with Gasteiger partial charge in [-0.3, -0.25) is 10.0 Å². The number of hydrogen-bond donors (Lipinski definition) is 2. The highest BCUT2D eigenvalue weighted by atomic mass is 35.5. The molecule has 2 amide bonds. The van der Waals surface area contributed by atoms with Gasteiger partial charge in [-0.15, -0.1) is 0 Å². The Balaban J connectivity index is 1.61. The van der Waals surface area contributed by atoms with Crippen LogP contribution >= 0.6 is 11.6 Å². The number of likely N-dealkylation sites (tertiary alicyclic amines) is 1. The predicted molar refractivity (Wildman–Crippen MR) is 133 cm³/mol. The molecular formula is C24H35ClFN3O6S. The van der Waals surface area contributed by atoms with Gasteiger partial charge >= 0.3 is 6.09 Å². The van der Waals surface area contributed by atoms with Gasteiger partial charge in [-0.2, -0.15) is 0 Å². The number of piperidine rings is 2. The molecule has 1 atom stereocenters. The molecule has 2 N–H and O–H groups in total. The molecule has 9 nitrogen and oxygen atoms in total. The molecule has 36 heavy (non-hydrogen) atoms. The minimum atomic E-state index is -3.80. The number of nitrogens with zero attached hydrogens (tertiary/aromatic N) is 2. The monoisotopic (exact) mass is 547 g/mol. The summed E-state index contributed by atoms with van der Waals surface area (Å²) in [6, 6.07) is 4.24. The fourth-order valence-electron chi connectivity index (χ4n) is 4.93. The summed E-state index contributed by atoms with van der Waals surface area (Å²) in [6.45, 7) is 6.51. The Morgan fingerprint density at radius 3 is 2.31 bits per heavy atom. The summed E-state index contributed by atoms with van der Waals surface area (Å²) in [7, 11) is -3.80. The molecular weight excluding hydrogens is 513 g/mol. The lowest BCUT2D eigenvalue weighted by atomic mass is 9.85. The highest BCUT2D eigenvalue weighted by molar-refractivity contribution is 7.89. The number of amides is 2. The van der Waals surface area contributed by atoms with Gasteiger partial charge in [0.15, 0.2) is 0 Å². The van der Waals surface area contributed by atoms with E-state index in [-0.39, 0.29) is 24.9 Å². The Morgan fingerprint density at radius 1 is 1.17 bits per heavy atom. The normalized spacial score (nSPS) is 19.7. The van der Waals surface area contributed by atoms with E-state index in [9.17, 15) is 27.6 Å². The lowest BCUT2D eigenvalue weighted by Gasteiger charge is -2.37. The van der Waals surface area contributed by atoms with Gasteiger partial charge in [-0.05, 0) is 76.0 Å². The Hall–Kier alpha value is -1.95. The molecule has 0 aromatic heterocycles. The number of sulfonamides is 1. The van der Waals surface area contributed by atoms with Crippen LogP contribution in [-0.2, 0) is 19.6 Å².